The molecular weight excluding hydrogens is 1310 g/mol. The maximum Gasteiger partial charge on any atom is 0.472 e. The molecule has 0 aliphatic heterocycles. The molecule has 0 fully saturated rings. The van der Waals surface area contributed by atoms with Crippen molar-refractivity contribution < 1.29 is 80.2 Å². The molecule has 0 saturated heterocycles. The molecule has 0 spiro atoms. The van der Waals surface area contributed by atoms with Crippen molar-refractivity contribution in [2.45, 2.75) is 439 Å². The van der Waals surface area contributed by atoms with Crippen molar-refractivity contribution in [3.63, 3.8) is 0 Å². The Morgan fingerprint density at radius 2 is 0.460 bits per heavy atom. The topological polar surface area (TPSA) is 237 Å². The second kappa shape index (κ2) is 71.3. The molecule has 0 saturated carbocycles. The third-order valence-corrected chi connectivity index (χ3v) is 20.8. The average Bonchev–Trinajstić information content (AvgIpc) is 1.17. The summed E-state index contributed by atoms with van der Waals surface area (Å²) in [5, 5.41) is 10.6. The Balaban J connectivity index is 5.27. The van der Waals surface area contributed by atoms with E-state index in [4.69, 9.17) is 37.0 Å². The summed E-state index contributed by atoms with van der Waals surface area (Å²) in [6.07, 6.45) is 59.5. The SMILES string of the molecule is CCCCCCCCCCCCCCCCCC(=O)O[C@H](COC(=O)CCCCCCCCCCCC(C)C)COP(=O)(O)OC[C@H](O)COP(=O)(O)OC[C@@H](COC(=O)CCCCCCCCCCCCCCCC(C)C)OC(=O)CCCCCCCCCCCCCCCCC(C)C. The number of phosphoric acid groups is 2. The van der Waals surface area contributed by atoms with Crippen LogP contribution >= 0.6 is 15.6 Å². The van der Waals surface area contributed by atoms with Gasteiger partial charge in [0.05, 0.1) is 26.4 Å². The highest BCUT2D eigenvalue weighted by atomic mass is 31.2. The fourth-order valence-electron chi connectivity index (χ4n) is 12.5. The Hall–Kier alpha value is -1.94. The maximum absolute atomic E-state index is 13.1. The smallest absolute Gasteiger partial charge is 0.462 e. The lowest BCUT2D eigenvalue weighted by Crippen LogP contribution is -2.30. The van der Waals surface area contributed by atoms with Crippen LogP contribution in [0.15, 0.2) is 0 Å². The summed E-state index contributed by atoms with van der Waals surface area (Å²) < 4.78 is 68.8. The number of phosphoric ester groups is 2. The van der Waals surface area contributed by atoms with E-state index in [2.05, 4.69) is 48.5 Å². The van der Waals surface area contributed by atoms with Crippen molar-refractivity contribution in [3.8, 4) is 0 Å². The highest BCUT2D eigenvalue weighted by Gasteiger charge is 2.30. The lowest BCUT2D eigenvalue weighted by molar-refractivity contribution is -0.161. The summed E-state index contributed by atoms with van der Waals surface area (Å²) in [5.74, 6) is 0.221. The van der Waals surface area contributed by atoms with Gasteiger partial charge in [-0.25, -0.2) is 9.13 Å². The molecule has 3 N–H and O–H groups in total. The van der Waals surface area contributed by atoms with Gasteiger partial charge in [-0.3, -0.25) is 37.3 Å². The molecule has 5 atom stereocenters. The second-order valence-electron chi connectivity index (χ2n) is 30.6. The summed E-state index contributed by atoms with van der Waals surface area (Å²) in [4.78, 5) is 73.1. The van der Waals surface area contributed by atoms with Crippen LogP contribution in [0.1, 0.15) is 421 Å². The van der Waals surface area contributed by atoms with E-state index in [0.717, 1.165) is 108 Å². The Kier molecular flexibility index (Phi) is 69.9. The fraction of sp³-hybridized carbons (Fsp3) is 0.951. The van der Waals surface area contributed by atoms with Crippen LogP contribution in [0.2, 0.25) is 0 Å². The average molecular weight is 1470 g/mol. The van der Waals surface area contributed by atoms with Gasteiger partial charge in [-0.2, -0.15) is 0 Å². The van der Waals surface area contributed by atoms with Crippen LogP contribution in [0.5, 0.6) is 0 Å². The lowest BCUT2D eigenvalue weighted by Gasteiger charge is -2.21. The van der Waals surface area contributed by atoms with Crippen molar-refractivity contribution in [2.75, 3.05) is 39.6 Å². The van der Waals surface area contributed by atoms with Crippen LogP contribution in [0.25, 0.3) is 0 Å². The molecule has 0 amide bonds. The minimum atomic E-state index is -4.96. The van der Waals surface area contributed by atoms with E-state index in [-0.39, 0.29) is 25.7 Å². The van der Waals surface area contributed by atoms with E-state index in [1.165, 1.54) is 231 Å². The van der Waals surface area contributed by atoms with Crippen LogP contribution in [0.4, 0.5) is 0 Å². The first kappa shape index (κ1) is 98.1. The summed E-state index contributed by atoms with van der Waals surface area (Å²) >= 11 is 0. The van der Waals surface area contributed by atoms with E-state index in [1.807, 2.05) is 0 Å². The van der Waals surface area contributed by atoms with Gasteiger partial charge in [0.25, 0.3) is 0 Å². The van der Waals surface area contributed by atoms with Crippen LogP contribution in [-0.2, 0) is 65.4 Å². The predicted octanol–water partition coefficient (Wildman–Crippen LogP) is 24.1. The van der Waals surface area contributed by atoms with Gasteiger partial charge < -0.3 is 33.8 Å². The minimum absolute atomic E-state index is 0.108. The number of aliphatic hydroxyl groups is 1. The lowest BCUT2D eigenvalue weighted by atomic mass is 10.0. The van der Waals surface area contributed by atoms with Gasteiger partial charge in [-0.05, 0) is 43.4 Å². The van der Waals surface area contributed by atoms with Crippen molar-refractivity contribution in [1.29, 1.82) is 0 Å². The molecule has 0 aromatic rings. The Bertz CT molecular complexity index is 1940. The summed E-state index contributed by atoms with van der Waals surface area (Å²) in [6, 6.07) is 0. The normalized spacial score (nSPS) is 14.0. The number of carbonyl (C=O) groups is 4. The molecule has 19 heteroatoms. The molecule has 0 aliphatic rings. The van der Waals surface area contributed by atoms with Gasteiger partial charge in [0, 0.05) is 25.7 Å². The zero-order chi connectivity index (χ0) is 73.7. The Labute approximate surface area is 613 Å². The van der Waals surface area contributed by atoms with Crippen molar-refractivity contribution in [1.82, 2.24) is 0 Å². The predicted molar refractivity (Wildman–Crippen MR) is 409 cm³/mol. The molecule has 0 radical (unpaired) electrons. The van der Waals surface area contributed by atoms with Gasteiger partial charge in [0.15, 0.2) is 12.2 Å². The number of ether oxygens (including phenoxy) is 4. The number of carbonyl (C=O) groups excluding carboxylic acids is 4. The molecule has 594 valence electrons. The Morgan fingerprint density at radius 1 is 0.270 bits per heavy atom. The third kappa shape index (κ3) is 74.3. The maximum atomic E-state index is 13.1. The number of rotatable bonds is 79. The van der Waals surface area contributed by atoms with Crippen LogP contribution < -0.4 is 0 Å². The van der Waals surface area contributed by atoms with Crippen LogP contribution in [0.3, 0.4) is 0 Å². The highest BCUT2D eigenvalue weighted by molar-refractivity contribution is 7.47. The van der Waals surface area contributed by atoms with E-state index in [1.54, 1.807) is 0 Å². The zero-order valence-corrected chi connectivity index (χ0v) is 67.5. The first-order valence-electron chi connectivity index (χ1n) is 41.8. The molecule has 0 heterocycles. The standard InChI is InChI=1S/C81H158O17P2/c1-8-9-10-11-12-13-14-15-16-22-28-35-43-50-57-64-80(85)98-77(69-92-79(84)63-56-49-42-37-30-33-40-47-54-61-74(6)7)71-96-100(89,90)94-67-75(82)66-93-99(87,88)95-70-76(68-91-78(83)62-55-48-41-34-27-24-19-21-26-32-39-46-53-60-73(4)5)97-81(86)65-58-51-44-36-29-23-18-17-20-25-31-38-45-52-59-72(2)3/h72-77,82H,8-71H2,1-7H3,(H,87,88)(H,89,90)/t75-,76-,77-/m1/s1. The molecular formula is C81H158O17P2. The number of hydrogen-bond donors (Lipinski definition) is 3. The molecule has 0 rings (SSSR count). The van der Waals surface area contributed by atoms with Crippen molar-refractivity contribution >= 4 is 39.5 Å². The fourth-order valence-corrected chi connectivity index (χ4v) is 14.1. The second-order valence-corrected chi connectivity index (χ2v) is 33.5. The molecule has 0 bridgehead atoms. The summed E-state index contributed by atoms with van der Waals surface area (Å²) in [7, 11) is -9.92. The van der Waals surface area contributed by atoms with E-state index >= 15 is 0 Å². The molecule has 0 aliphatic carbocycles. The number of aliphatic hydroxyl groups excluding tert-OH is 1. The summed E-state index contributed by atoms with van der Waals surface area (Å²) in [6.45, 7) is 12.0. The molecule has 17 nitrogen and oxygen atoms in total. The highest BCUT2D eigenvalue weighted by Crippen LogP contribution is 2.45. The van der Waals surface area contributed by atoms with Crippen LogP contribution in [-0.4, -0.2) is 96.7 Å². The first-order valence-corrected chi connectivity index (χ1v) is 44.8. The monoisotopic (exact) mass is 1470 g/mol. The van der Waals surface area contributed by atoms with Crippen molar-refractivity contribution in [2.24, 2.45) is 17.8 Å². The van der Waals surface area contributed by atoms with Gasteiger partial charge in [-0.1, -0.05) is 370 Å². The van der Waals surface area contributed by atoms with E-state index in [9.17, 15) is 43.2 Å². The number of esters is 4. The van der Waals surface area contributed by atoms with Gasteiger partial charge in [-0.15, -0.1) is 0 Å². The quantitative estimate of drug-likeness (QED) is 0.0222. The molecule has 2 unspecified atom stereocenters. The third-order valence-electron chi connectivity index (χ3n) is 18.9. The van der Waals surface area contributed by atoms with E-state index in [0.29, 0.717) is 25.7 Å². The Morgan fingerprint density at radius 3 is 0.680 bits per heavy atom. The molecule has 0 aromatic carbocycles. The van der Waals surface area contributed by atoms with Gasteiger partial charge in [0.1, 0.15) is 19.3 Å². The number of unbranched alkanes of at least 4 members (excludes halogenated alkanes) is 47. The molecule has 0 aromatic heterocycles. The first-order chi connectivity index (χ1) is 48.2. The largest absolute Gasteiger partial charge is 0.472 e. The van der Waals surface area contributed by atoms with Crippen molar-refractivity contribution in [3.05, 3.63) is 0 Å². The minimum Gasteiger partial charge on any atom is -0.462 e. The summed E-state index contributed by atoms with van der Waals surface area (Å²) in [5.41, 5.74) is 0. The number of hydrogen-bond acceptors (Lipinski definition) is 15. The van der Waals surface area contributed by atoms with Gasteiger partial charge >= 0.3 is 39.5 Å². The molecule has 100 heavy (non-hydrogen) atoms. The zero-order valence-electron chi connectivity index (χ0n) is 65.7. The van der Waals surface area contributed by atoms with Gasteiger partial charge in [0.2, 0.25) is 0 Å². The van der Waals surface area contributed by atoms with Crippen LogP contribution in [0, 0.1) is 17.8 Å². The van der Waals surface area contributed by atoms with E-state index < -0.39 is 97.5 Å².